The van der Waals surface area contributed by atoms with Crippen LogP contribution in [0.5, 0.6) is 0 Å². The van der Waals surface area contributed by atoms with Crippen molar-refractivity contribution in [2.75, 3.05) is 11.9 Å². The number of nitrogens with zero attached hydrogens (tertiary/aromatic N) is 1. The lowest BCUT2D eigenvalue weighted by Gasteiger charge is -2.20. The summed E-state index contributed by atoms with van der Waals surface area (Å²) in [4.78, 5) is 2.03. The van der Waals surface area contributed by atoms with Gasteiger partial charge in [0.1, 0.15) is 5.58 Å². The van der Waals surface area contributed by atoms with E-state index in [0.29, 0.717) is 5.56 Å². The molecule has 0 aliphatic rings. The van der Waals surface area contributed by atoms with Crippen LogP contribution in [0.15, 0.2) is 65.1 Å². The topological polar surface area (TPSA) is 16.4 Å². The molecule has 0 saturated heterocycles. The average molecular weight is 346 g/mol. The number of aryl methyl sites for hydroxylation is 1. The molecule has 4 aromatic rings. The Hall–Kier alpha value is -2.74. The number of para-hydroxylation sites is 2. The van der Waals surface area contributed by atoms with Crippen molar-refractivity contribution in [1.82, 2.24) is 0 Å². The van der Waals surface area contributed by atoms with Gasteiger partial charge >= 0.3 is 0 Å². The van der Waals surface area contributed by atoms with Crippen LogP contribution in [0.3, 0.4) is 0 Å². The smallest absolute Gasteiger partial charge is 0.159 e. The van der Waals surface area contributed by atoms with Crippen molar-refractivity contribution in [3.05, 3.63) is 71.8 Å². The second-order valence-electron chi connectivity index (χ2n) is 7.79. The van der Waals surface area contributed by atoms with Gasteiger partial charge in [-0.1, -0.05) is 68.8 Å². The van der Waals surface area contributed by atoms with Crippen molar-refractivity contribution in [3.63, 3.8) is 0 Å². The second kappa shape index (κ2) is 5.91. The molecule has 0 aliphatic heterocycles. The molecule has 0 unspecified atom stereocenters. The van der Waals surface area contributed by atoms with Crippen molar-refractivity contribution in [1.29, 1.82) is 0 Å². The minimum Gasteiger partial charge on any atom is -0.454 e. The molecule has 0 spiro atoms. The third-order valence-corrected chi connectivity index (χ3v) is 4.93. The standard InChI is InChI=1S/C24H25NO/c1-16-12-14-17(15-13-16)25(5)21-11-7-9-19-18-8-6-10-20(24(2,3)4)22(18)26-23(19)21/h6-15H,1-5H3/i1D3. The molecule has 0 bridgehead atoms. The molecule has 1 heterocycles. The van der Waals surface area contributed by atoms with Crippen molar-refractivity contribution in [2.24, 2.45) is 0 Å². The molecule has 0 amide bonds. The zero-order valence-electron chi connectivity index (χ0n) is 18.6. The first-order chi connectivity index (χ1) is 13.6. The van der Waals surface area contributed by atoms with Gasteiger partial charge in [-0.25, -0.2) is 0 Å². The first kappa shape index (κ1) is 13.5. The van der Waals surface area contributed by atoms with Crippen LogP contribution >= 0.6 is 0 Å². The molecular formula is C24H25NO. The third kappa shape index (κ3) is 2.66. The van der Waals surface area contributed by atoms with Gasteiger partial charge in [0.25, 0.3) is 0 Å². The number of furan rings is 1. The highest BCUT2D eigenvalue weighted by Gasteiger charge is 2.22. The Morgan fingerprint density at radius 1 is 0.846 bits per heavy atom. The zero-order valence-corrected chi connectivity index (χ0v) is 15.6. The number of anilines is 2. The molecular weight excluding hydrogens is 318 g/mol. The van der Waals surface area contributed by atoms with Crippen molar-refractivity contribution in [2.45, 2.75) is 33.0 Å². The van der Waals surface area contributed by atoms with Gasteiger partial charge in [0, 0.05) is 33.2 Å². The number of fused-ring (bicyclic) bond motifs is 3. The van der Waals surface area contributed by atoms with Gasteiger partial charge < -0.3 is 9.32 Å². The molecule has 0 N–H and O–H groups in total. The molecule has 0 fully saturated rings. The Balaban J connectivity index is 1.86. The molecule has 1 aromatic heterocycles. The minimum absolute atomic E-state index is 0.0233. The van der Waals surface area contributed by atoms with E-state index in [4.69, 9.17) is 8.53 Å². The SMILES string of the molecule is [2H]C([2H])([2H])c1ccc(N(C)c2cccc3c2oc2c(C(C)(C)C)cccc23)cc1. The maximum atomic E-state index is 7.56. The van der Waals surface area contributed by atoms with Gasteiger partial charge in [-0.2, -0.15) is 0 Å². The summed E-state index contributed by atoms with van der Waals surface area (Å²) in [5, 5.41) is 2.19. The van der Waals surface area contributed by atoms with E-state index in [1.165, 1.54) is 5.56 Å². The van der Waals surface area contributed by atoms with E-state index in [9.17, 15) is 0 Å². The molecule has 26 heavy (non-hydrogen) atoms. The van der Waals surface area contributed by atoms with E-state index in [1.54, 1.807) is 12.1 Å². The third-order valence-electron chi connectivity index (χ3n) is 4.93. The second-order valence-corrected chi connectivity index (χ2v) is 7.79. The Kier molecular flexibility index (Phi) is 3.06. The number of benzene rings is 3. The summed E-state index contributed by atoms with van der Waals surface area (Å²) < 4.78 is 29.1. The minimum atomic E-state index is -2.10. The highest BCUT2D eigenvalue weighted by molar-refractivity contribution is 6.10. The summed E-state index contributed by atoms with van der Waals surface area (Å²) >= 11 is 0. The van der Waals surface area contributed by atoms with Crippen LogP contribution in [-0.2, 0) is 5.41 Å². The lowest BCUT2D eigenvalue weighted by Crippen LogP contribution is -2.11. The van der Waals surface area contributed by atoms with E-state index in [2.05, 4.69) is 45.0 Å². The maximum Gasteiger partial charge on any atom is 0.159 e. The summed E-state index contributed by atoms with van der Waals surface area (Å²) in [6.45, 7) is 4.47. The van der Waals surface area contributed by atoms with Crippen LogP contribution in [0.2, 0.25) is 0 Å². The molecule has 4 rings (SSSR count). The van der Waals surface area contributed by atoms with Crippen LogP contribution in [-0.4, -0.2) is 7.05 Å². The van der Waals surface area contributed by atoms with E-state index in [1.807, 2.05) is 36.2 Å². The number of hydrogen-bond acceptors (Lipinski definition) is 2. The lowest BCUT2D eigenvalue weighted by molar-refractivity contribution is 0.573. The summed E-state index contributed by atoms with van der Waals surface area (Å²) in [6.07, 6.45) is 0. The molecule has 0 aliphatic carbocycles. The van der Waals surface area contributed by atoms with Crippen molar-refractivity contribution in [3.8, 4) is 0 Å². The predicted octanol–water partition coefficient (Wildman–Crippen LogP) is 6.96. The fourth-order valence-corrected chi connectivity index (χ4v) is 3.48. The van der Waals surface area contributed by atoms with Crippen LogP contribution < -0.4 is 4.90 Å². The molecule has 132 valence electrons. The van der Waals surface area contributed by atoms with Crippen molar-refractivity contribution < 1.29 is 8.53 Å². The van der Waals surface area contributed by atoms with Gasteiger partial charge in [-0.05, 0) is 30.5 Å². The van der Waals surface area contributed by atoms with Gasteiger partial charge in [-0.15, -0.1) is 0 Å². The fraction of sp³-hybridized carbons (Fsp3) is 0.250. The van der Waals surface area contributed by atoms with Crippen LogP contribution in [0.4, 0.5) is 11.4 Å². The van der Waals surface area contributed by atoms with E-state index < -0.39 is 6.85 Å². The normalized spacial score (nSPS) is 14.2. The predicted molar refractivity (Wildman–Crippen MR) is 112 cm³/mol. The molecule has 2 nitrogen and oxygen atoms in total. The quantitative estimate of drug-likeness (QED) is 0.390. The van der Waals surface area contributed by atoms with Gasteiger partial charge in [0.15, 0.2) is 5.58 Å². The first-order valence-electron chi connectivity index (χ1n) is 10.4. The van der Waals surface area contributed by atoms with E-state index >= 15 is 0 Å². The van der Waals surface area contributed by atoms with Gasteiger partial charge in [-0.3, -0.25) is 0 Å². The van der Waals surface area contributed by atoms with E-state index in [0.717, 1.165) is 33.3 Å². The van der Waals surface area contributed by atoms with Gasteiger partial charge in [0.05, 0.1) is 5.69 Å². The fourth-order valence-electron chi connectivity index (χ4n) is 3.48. The maximum absolute atomic E-state index is 7.56. The zero-order chi connectivity index (χ0) is 21.0. The van der Waals surface area contributed by atoms with E-state index in [-0.39, 0.29) is 5.41 Å². The Labute approximate surface area is 159 Å². The molecule has 3 aromatic carbocycles. The Bertz CT molecular complexity index is 1180. The Morgan fingerprint density at radius 3 is 2.15 bits per heavy atom. The molecule has 0 atom stereocenters. The summed E-state index contributed by atoms with van der Waals surface area (Å²) in [6, 6.07) is 19.5. The largest absolute Gasteiger partial charge is 0.454 e. The highest BCUT2D eigenvalue weighted by Crippen LogP contribution is 2.40. The molecule has 0 saturated carbocycles. The summed E-state index contributed by atoms with van der Waals surface area (Å²) in [5.74, 6) is 0. The van der Waals surface area contributed by atoms with Crippen LogP contribution in [0.1, 0.15) is 36.0 Å². The molecule has 0 radical (unpaired) electrons. The van der Waals surface area contributed by atoms with Crippen molar-refractivity contribution >= 4 is 33.3 Å². The highest BCUT2D eigenvalue weighted by atomic mass is 16.3. The molecule has 2 heteroatoms. The average Bonchev–Trinajstić information content (AvgIpc) is 3.04. The van der Waals surface area contributed by atoms with Crippen LogP contribution in [0, 0.1) is 6.85 Å². The lowest BCUT2D eigenvalue weighted by atomic mass is 9.86. The summed E-state index contributed by atoms with van der Waals surface area (Å²) in [5.41, 5.74) is 5.11. The first-order valence-corrected chi connectivity index (χ1v) is 8.86. The van der Waals surface area contributed by atoms with Gasteiger partial charge in [0.2, 0.25) is 0 Å². The number of hydrogen-bond donors (Lipinski definition) is 0. The number of rotatable bonds is 2. The summed E-state index contributed by atoms with van der Waals surface area (Å²) in [7, 11) is 1.97. The monoisotopic (exact) mass is 346 g/mol. The van der Waals surface area contributed by atoms with Crippen LogP contribution in [0.25, 0.3) is 21.9 Å². The Morgan fingerprint density at radius 2 is 1.50 bits per heavy atom.